The van der Waals surface area contributed by atoms with Crippen molar-refractivity contribution in [1.29, 1.82) is 0 Å². The number of rotatable bonds is 7. The summed E-state index contributed by atoms with van der Waals surface area (Å²) < 4.78 is 7.22. The summed E-state index contributed by atoms with van der Waals surface area (Å²) in [7, 11) is 0. The van der Waals surface area contributed by atoms with Crippen LogP contribution in [0.3, 0.4) is 0 Å². The van der Waals surface area contributed by atoms with Crippen molar-refractivity contribution < 1.29 is 9.53 Å². The van der Waals surface area contributed by atoms with Crippen LogP contribution in [0.2, 0.25) is 0 Å². The van der Waals surface area contributed by atoms with Crippen molar-refractivity contribution in [3.05, 3.63) is 77.2 Å². The van der Waals surface area contributed by atoms with Gasteiger partial charge in [-0.3, -0.25) is 9.48 Å². The van der Waals surface area contributed by atoms with Gasteiger partial charge in [0.2, 0.25) is 5.88 Å². The first-order valence-corrected chi connectivity index (χ1v) is 8.59. The number of carbonyl (C=O) groups excluding carboxylic acids is 1. The molecule has 6 heteroatoms. The average Bonchev–Trinajstić information content (AvgIpc) is 3.02. The van der Waals surface area contributed by atoms with Gasteiger partial charge in [0.1, 0.15) is 0 Å². The summed E-state index contributed by atoms with van der Waals surface area (Å²) in [5.41, 5.74) is 3.51. The Hall–Kier alpha value is -3.15. The Morgan fingerprint density at radius 1 is 1.19 bits per heavy atom. The minimum absolute atomic E-state index is 0.142. The van der Waals surface area contributed by atoms with Crippen molar-refractivity contribution in [2.75, 3.05) is 6.61 Å². The van der Waals surface area contributed by atoms with Crippen molar-refractivity contribution >= 4 is 5.91 Å². The fraction of sp³-hybridized carbons (Fsp3) is 0.250. The Labute approximate surface area is 152 Å². The number of carbonyl (C=O) groups is 1. The number of aromatic nitrogens is 3. The molecule has 3 aromatic rings. The summed E-state index contributed by atoms with van der Waals surface area (Å²) in [6.07, 6.45) is 3.29. The maximum atomic E-state index is 12.5. The number of hydrogen-bond acceptors (Lipinski definition) is 4. The van der Waals surface area contributed by atoms with Crippen LogP contribution in [0.1, 0.15) is 34.1 Å². The van der Waals surface area contributed by atoms with E-state index >= 15 is 0 Å². The summed E-state index contributed by atoms with van der Waals surface area (Å²) in [6.45, 7) is 5.42. The number of pyridine rings is 1. The van der Waals surface area contributed by atoms with Crippen LogP contribution in [0.15, 0.2) is 54.9 Å². The topological polar surface area (TPSA) is 69.0 Å². The Balaban J connectivity index is 1.64. The minimum Gasteiger partial charge on any atom is -0.478 e. The Morgan fingerprint density at radius 3 is 2.77 bits per heavy atom. The first-order chi connectivity index (χ1) is 12.7. The van der Waals surface area contributed by atoms with Gasteiger partial charge < -0.3 is 10.1 Å². The highest BCUT2D eigenvalue weighted by Gasteiger charge is 2.14. The lowest BCUT2D eigenvalue weighted by atomic mass is 10.2. The molecule has 6 nitrogen and oxygen atoms in total. The highest BCUT2D eigenvalue weighted by Crippen LogP contribution is 2.12. The van der Waals surface area contributed by atoms with Crippen LogP contribution in [0.4, 0.5) is 0 Å². The molecular weight excluding hydrogens is 328 g/mol. The predicted octanol–water partition coefficient (Wildman–Crippen LogP) is 2.96. The Bertz CT molecular complexity index is 875. The van der Waals surface area contributed by atoms with Gasteiger partial charge in [-0.25, -0.2) is 4.98 Å². The zero-order chi connectivity index (χ0) is 18.4. The Morgan fingerprint density at radius 2 is 2.00 bits per heavy atom. The van der Waals surface area contributed by atoms with Gasteiger partial charge in [-0.05, 0) is 31.0 Å². The molecule has 26 heavy (non-hydrogen) atoms. The zero-order valence-electron chi connectivity index (χ0n) is 15.0. The summed E-state index contributed by atoms with van der Waals surface area (Å²) in [6, 6.07) is 13.7. The van der Waals surface area contributed by atoms with Crippen molar-refractivity contribution in [1.82, 2.24) is 20.1 Å². The molecule has 1 N–H and O–H groups in total. The first-order valence-electron chi connectivity index (χ1n) is 8.59. The molecule has 0 aliphatic heterocycles. The quantitative estimate of drug-likeness (QED) is 0.711. The molecule has 1 aromatic carbocycles. The molecular formula is C20H22N4O2. The molecule has 0 spiro atoms. The van der Waals surface area contributed by atoms with Crippen LogP contribution in [0, 0.1) is 6.92 Å². The molecule has 0 unspecified atom stereocenters. The lowest BCUT2D eigenvalue weighted by molar-refractivity contribution is 0.0950. The van der Waals surface area contributed by atoms with Crippen LogP contribution in [-0.4, -0.2) is 27.3 Å². The van der Waals surface area contributed by atoms with Gasteiger partial charge in [-0.2, -0.15) is 5.10 Å². The van der Waals surface area contributed by atoms with Gasteiger partial charge >= 0.3 is 0 Å². The van der Waals surface area contributed by atoms with Gasteiger partial charge in [0.15, 0.2) is 0 Å². The standard InChI is InChI=1S/C20H22N4O2/c1-3-26-19-11-17(9-10-21-19)12-22-20(25)18-13-23-24(15(18)2)14-16-7-5-4-6-8-16/h4-11,13H,3,12,14H2,1-2H3,(H,22,25). The number of hydrogen-bond donors (Lipinski definition) is 1. The average molecular weight is 350 g/mol. The van der Waals surface area contributed by atoms with E-state index in [9.17, 15) is 4.79 Å². The molecule has 0 fully saturated rings. The summed E-state index contributed by atoms with van der Waals surface area (Å²) in [4.78, 5) is 16.6. The van der Waals surface area contributed by atoms with E-state index < -0.39 is 0 Å². The predicted molar refractivity (Wildman–Crippen MR) is 99.1 cm³/mol. The van der Waals surface area contributed by atoms with E-state index in [0.29, 0.717) is 31.1 Å². The van der Waals surface area contributed by atoms with E-state index in [4.69, 9.17) is 4.74 Å². The van der Waals surface area contributed by atoms with Gasteiger partial charge in [0.25, 0.3) is 5.91 Å². The molecule has 2 aromatic heterocycles. The SMILES string of the molecule is CCOc1cc(CNC(=O)c2cnn(Cc3ccccc3)c2C)ccn1. The third kappa shape index (κ3) is 4.27. The summed E-state index contributed by atoms with van der Waals surface area (Å²) in [5, 5.41) is 7.28. The highest BCUT2D eigenvalue weighted by molar-refractivity contribution is 5.95. The van der Waals surface area contributed by atoms with Gasteiger partial charge in [0.05, 0.1) is 24.9 Å². The lowest BCUT2D eigenvalue weighted by Gasteiger charge is -2.08. The Kier molecular flexibility index (Phi) is 5.63. The highest BCUT2D eigenvalue weighted by atomic mass is 16.5. The molecule has 134 valence electrons. The molecule has 0 saturated carbocycles. The van der Waals surface area contributed by atoms with E-state index in [0.717, 1.165) is 16.8 Å². The monoisotopic (exact) mass is 350 g/mol. The third-order valence-corrected chi connectivity index (χ3v) is 4.07. The second kappa shape index (κ2) is 8.29. The van der Waals surface area contributed by atoms with Gasteiger partial charge in [-0.15, -0.1) is 0 Å². The second-order valence-electron chi connectivity index (χ2n) is 5.90. The fourth-order valence-corrected chi connectivity index (χ4v) is 2.65. The maximum absolute atomic E-state index is 12.5. The number of nitrogens with zero attached hydrogens (tertiary/aromatic N) is 3. The normalized spacial score (nSPS) is 10.5. The minimum atomic E-state index is -0.142. The van der Waals surface area contributed by atoms with Crippen LogP contribution in [0.5, 0.6) is 5.88 Å². The largest absolute Gasteiger partial charge is 0.478 e. The van der Waals surface area contributed by atoms with Crippen LogP contribution in [-0.2, 0) is 13.1 Å². The molecule has 0 saturated heterocycles. The van der Waals surface area contributed by atoms with E-state index in [2.05, 4.69) is 15.4 Å². The van der Waals surface area contributed by atoms with E-state index in [1.807, 2.05) is 61.0 Å². The number of amides is 1. The van der Waals surface area contributed by atoms with Crippen LogP contribution in [0.25, 0.3) is 0 Å². The summed E-state index contributed by atoms with van der Waals surface area (Å²) >= 11 is 0. The van der Waals surface area contributed by atoms with Crippen LogP contribution >= 0.6 is 0 Å². The molecule has 1 amide bonds. The van der Waals surface area contributed by atoms with Crippen molar-refractivity contribution in [3.63, 3.8) is 0 Å². The summed E-state index contributed by atoms with van der Waals surface area (Å²) in [5.74, 6) is 0.419. The lowest BCUT2D eigenvalue weighted by Crippen LogP contribution is -2.23. The molecule has 0 radical (unpaired) electrons. The molecule has 0 bridgehead atoms. The molecule has 2 heterocycles. The molecule has 0 aliphatic rings. The van der Waals surface area contributed by atoms with Crippen molar-refractivity contribution in [3.8, 4) is 5.88 Å². The van der Waals surface area contributed by atoms with E-state index in [1.165, 1.54) is 0 Å². The van der Waals surface area contributed by atoms with Gasteiger partial charge in [0, 0.05) is 24.5 Å². The fourth-order valence-electron chi connectivity index (χ4n) is 2.65. The van der Waals surface area contributed by atoms with Crippen molar-refractivity contribution in [2.45, 2.75) is 26.9 Å². The number of nitrogens with one attached hydrogen (secondary N) is 1. The zero-order valence-corrected chi connectivity index (χ0v) is 15.0. The van der Waals surface area contributed by atoms with Gasteiger partial charge in [-0.1, -0.05) is 30.3 Å². The smallest absolute Gasteiger partial charge is 0.255 e. The molecule has 0 atom stereocenters. The third-order valence-electron chi connectivity index (χ3n) is 4.07. The molecule has 0 aliphatic carbocycles. The maximum Gasteiger partial charge on any atom is 0.255 e. The molecule has 3 rings (SSSR count). The van der Waals surface area contributed by atoms with E-state index in [-0.39, 0.29) is 5.91 Å². The van der Waals surface area contributed by atoms with Crippen molar-refractivity contribution in [2.24, 2.45) is 0 Å². The number of ether oxygens (including phenoxy) is 1. The first kappa shape index (κ1) is 17.7. The second-order valence-corrected chi connectivity index (χ2v) is 5.90. The number of benzene rings is 1. The van der Waals surface area contributed by atoms with E-state index in [1.54, 1.807) is 12.4 Å². The van der Waals surface area contributed by atoms with Crippen LogP contribution < -0.4 is 10.1 Å².